The van der Waals surface area contributed by atoms with E-state index < -0.39 is 11.9 Å². The highest BCUT2D eigenvalue weighted by atomic mass is 16.5. The number of piperidine rings is 1. The molecule has 2 saturated carbocycles. The number of rotatable bonds is 14. The fraction of sp³-hybridized carbons (Fsp3) is 0.521. The van der Waals surface area contributed by atoms with Crippen LogP contribution in [-0.2, 0) is 20.9 Å². The average molecular weight is 858 g/mol. The SMILES string of the molecule is CC[C@@H]1C(=O)N(C)c2cnc(Nc3ccc(C(=O)N[C@H]4CC[C@@H](NCCCCCC#Cc5cccc6c5CN(C5CCC(=O)NC5=O)C6=O)CC4)cc3OC)nc2N1C1CCCC1. The summed E-state index contributed by atoms with van der Waals surface area (Å²) in [5, 5.41) is 12.6. The van der Waals surface area contributed by atoms with E-state index in [1.54, 1.807) is 48.4 Å². The van der Waals surface area contributed by atoms with Crippen molar-refractivity contribution in [2.75, 3.05) is 35.8 Å². The fourth-order valence-electron chi connectivity index (χ4n) is 9.89. The normalized spacial score (nSPS) is 22.3. The average Bonchev–Trinajstić information content (AvgIpc) is 3.95. The lowest BCUT2D eigenvalue weighted by atomic mass is 9.91. The number of likely N-dealkylation sites (N-methyl/N-ethyl adjacent to an activating group) is 1. The smallest absolute Gasteiger partial charge is 0.255 e. The zero-order valence-corrected chi connectivity index (χ0v) is 36.6. The standard InChI is InChI=1S/C48H59N9O6/c1-4-38-47(62)55(2)40-28-50-48(54-43(40)57(38)34-15-9-10-16-34)52-37-23-18-31(27-41(37)63-3)44(59)51-33-21-19-32(20-22-33)49-26-11-7-5-6-8-13-30-14-12-17-35-36(30)29-56(46(35)61)39-24-25-42(58)53-45(39)60/h12,14,17-18,23,27-28,32-34,38-39,49H,4-7,9-11,15-16,19-22,24-26,29H2,1-3H3,(H,51,59)(H,50,52,54)(H,53,58,60)/t32-,33+,38-,39?/m1/s1. The maximum atomic E-state index is 13.4. The number of carbonyl (C=O) groups excluding carboxylic acids is 5. The van der Waals surface area contributed by atoms with E-state index in [-0.39, 0.29) is 48.2 Å². The molecule has 2 aromatic carbocycles. The second-order valence-electron chi connectivity index (χ2n) is 17.4. The van der Waals surface area contributed by atoms with Crippen LogP contribution in [0.25, 0.3) is 0 Å². The molecular formula is C48H59N9O6. The molecule has 15 heteroatoms. The van der Waals surface area contributed by atoms with Crippen LogP contribution in [0.4, 0.5) is 23.1 Å². The first-order valence-corrected chi connectivity index (χ1v) is 22.8. The molecule has 332 valence electrons. The number of methoxy groups -OCH3 is 1. The largest absolute Gasteiger partial charge is 0.495 e. The number of fused-ring (bicyclic) bond motifs is 2. The fourth-order valence-corrected chi connectivity index (χ4v) is 9.89. The molecule has 5 aliphatic rings. The zero-order valence-electron chi connectivity index (χ0n) is 36.6. The summed E-state index contributed by atoms with van der Waals surface area (Å²) in [6.07, 6.45) is 15.0. The Morgan fingerprint density at radius 3 is 2.52 bits per heavy atom. The highest BCUT2D eigenvalue weighted by Gasteiger charge is 2.42. The van der Waals surface area contributed by atoms with Crippen molar-refractivity contribution in [2.24, 2.45) is 0 Å². The van der Waals surface area contributed by atoms with Crippen LogP contribution in [0.15, 0.2) is 42.6 Å². The predicted molar refractivity (Wildman–Crippen MR) is 240 cm³/mol. The number of hydrogen-bond acceptors (Lipinski definition) is 11. The number of nitrogens with one attached hydrogen (secondary N) is 4. The molecule has 2 atom stereocenters. The Morgan fingerprint density at radius 1 is 0.968 bits per heavy atom. The van der Waals surface area contributed by atoms with Crippen LogP contribution < -0.4 is 35.8 Å². The van der Waals surface area contributed by atoms with Gasteiger partial charge in [0.2, 0.25) is 23.7 Å². The molecule has 0 spiro atoms. The van der Waals surface area contributed by atoms with E-state index in [0.29, 0.717) is 59.6 Å². The number of imide groups is 1. The summed E-state index contributed by atoms with van der Waals surface area (Å²) >= 11 is 0. The minimum absolute atomic E-state index is 0.0724. The molecule has 4 N–H and O–H groups in total. The molecule has 15 nitrogen and oxygen atoms in total. The van der Waals surface area contributed by atoms with Crippen LogP contribution in [-0.4, -0.2) is 95.3 Å². The minimum atomic E-state index is -0.637. The summed E-state index contributed by atoms with van der Waals surface area (Å²) in [6.45, 7) is 3.31. The van der Waals surface area contributed by atoms with Crippen LogP contribution in [0.1, 0.15) is 135 Å². The van der Waals surface area contributed by atoms with Crippen molar-refractivity contribution in [2.45, 2.75) is 140 Å². The molecule has 2 aliphatic carbocycles. The lowest BCUT2D eigenvalue weighted by Gasteiger charge is -2.43. The lowest BCUT2D eigenvalue weighted by molar-refractivity contribution is -0.137. The second kappa shape index (κ2) is 19.6. The molecule has 5 amide bonds. The summed E-state index contributed by atoms with van der Waals surface area (Å²) in [6, 6.07) is 10.8. The molecule has 1 aromatic heterocycles. The molecule has 3 aromatic rings. The summed E-state index contributed by atoms with van der Waals surface area (Å²) in [5.41, 5.74) is 4.12. The van der Waals surface area contributed by atoms with E-state index in [9.17, 15) is 24.0 Å². The van der Waals surface area contributed by atoms with Gasteiger partial charge in [-0.2, -0.15) is 4.98 Å². The number of carbonyl (C=O) groups is 5. The van der Waals surface area contributed by atoms with Gasteiger partial charge in [-0.25, -0.2) is 4.98 Å². The van der Waals surface area contributed by atoms with E-state index in [2.05, 4.69) is 43.0 Å². The molecule has 1 saturated heterocycles. The monoisotopic (exact) mass is 857 g/mol. The minimum Gasteiger partial charge on any atom is -0.495 e. The molecule has 3 aliphatic heterocycles. The highest BCUT2D eigenvalue weighted by molar-refractivity contribution is 6.06. The summed E-state index contributed by atoms with van der Waals surface area (Å²) in [4.78, 5) is 78.8. The van der Waals surface area contributed by atoms with Crippen LogP contribution in [0.5, 0.6) is 5.75 Å². The van der Waals surface area contributed by atoms with E-state index in [4.69, 9.17) is 9.72 Å². The predicted octanol–water partition coefficient (Wildman–Crippen LogP) is 5.74. The Hall–Kier alpha value is -6.01. The molecule has 8 rings (SSSR count). The number of anilines is 4. The van der Waals surface area contributed by atoms with Crippen LogP contribution in [0.3, 0.4) is 0 Å². The van der Waals surface area contributed by atoms with Gasteiger partial charge in [-0.05, 0) is 107 Å². The number of benzene rings is 2. The maximum absolute atomic E-state index is 13.4. The van der Waals surface area contributed by atoms with Gasteiger partial charge >= 0.3 is 0 Å². The van der Waals surface area contributed by atoms with Gasteiger partial charge in [0.15, 0.2) is 5.82 Å². The van der Waals surface area contributed by atoms with Gasteiger partial charge in [-0.1, -0.05) is 44.1 Å². The van der Waals surface area contributed by atoms with Gasteiger partial charge in [-0.15, -0.1) is 0 Å². The van der Waals surface area contributed by atoms with Crippen molar-refractivity contribution in [3.05, 3.63) is 64.8 Å². The van der Waals surface area contributed by atoms with Gasteiger partial charge in [0, 0.05) is 61.2 Å². The Morgan fingerprint density at radius 2 is 1.76 bits per heavy atom. The topological polar surface area (TPSA) is 178 Å². The van der Waals surface area contributed by atoms with E-state index in [1.807, 2.05) is 25.1 Å². The number of ether oxygens (including phenoxy) is 1. The number of aromatic nitrogens is 2. The van der Waals surface area contributed by atoms with Crippen molar-refractivity contribution in [1.82, 2.24) is 30.8 Å². The molecule has 4 heterocycles. The van der Waals surface area contributed by atoms with Crippen molar-refractivity contribution in [3.63, 3.8) is 0 Å². The number of hydrogen-bond donors (Lipinski definition) is 4. The Kier molecular flexibility index (Phi) is 13.6. The van der Waals surface area contributed by atoms with Crippen molar-refractivity contribution in [1.29, 1.82) is 0 Å². The first kappa shape index (κ1) is 43.6. The van der Waals surface area contributed by atoms with E-state index in [0.717, 1.165) is 101 Å². The molecule has 1 unspecified atom stereocenters. The van der Waals surface area contributed by atoms with Crippen molar-refractivity contribution in [3.8, 4) is 17.6 Å². The number of nitrogens with zero attached hydrogens (tertiary/aromatic N) is 5. The quantitative estimate of drug-likeness (QED) is 0.0884. The molecule has 0 radical (unpaired) electrons. The third-order valence-electron chi connectivity index (χ3n) is 13.4. The first-order valence-electron chi connectivity index (χ1n) is 22.8. The Bertz CT molecular complexity index is 2290. The van der Waals surface area contributed by atoms with E-state index >= 15 is 0 Å². The molecule has 63 heavy (non-hydrogen) atoms. The summed E-state index contributed by atoms with van der Waals surface area (Å²) in [5.74, 6) is 7.27. The maximum Gasteiger partial charge on any atom is 0.255 e. The van der Waals surface area contributed by atoms with Crippen LogP contribution in [0.2, 0.25) is 0 Å². The van der Waals surface area contributed by atoms with Gasteiger partial charge < -0.3 is 35.4 Å². The lowest BCUT2D eigenvalue weighted by Crippen LogP contribution is -2.55. The second-order valence-corrected chi connectivity index (χ2v) is 17.4. The zero-order chi connectivity index (χ0) is 44.0. The third-order valence-corrected chi connectivity index (χ3v) is 13.4. The van der Waals surface area contributed by atoms with Crippen molar-refractivity contribution < 1.29 is 28.7 Å². The number of amides is 5. The van der Waals surface area contributed by atoms with Gasteiger partial charge in [-0.3, -0.25) is 29.3 Å². The first-order chi connectivity index (χ1) is 30.6. The summed E-state index contributed by atoms with van der Waals surface area (Å²) < 4.78 is 5.72. The van der Waals surface area contributed by atoms with Gasteiger partial charge in [0.1, 0.15) is 23.5 Å². The Labute approximate surface area is 369 Å². The van der Waals surface area contributed by atoms with Crippen LogP contribution in [0, 0.1) is 11.8 Å². The van der Waals surface area contributed by atoms with Crippen LogP contribution >= 0.6 is 0 Å². The van der Waals surface area contributed by atoms with E-state index in [1.165, 1.54) is 0 Å². The summed E-state index contributed by atoms with van der Waals surface area (Å²) in [7, 11) is 3.37. The van der Waals surface area contributed by atoms with Crippen molar-refractivity contribution >= 4 is 52.7 Å². The highest BCUT2D eigenvalue weighted by Crippen LogP contribution is 2.40. The van der Waals surface area contributed by atoms with Gasteiger partial charge in [0.25, 0.3) is 11.8 Å². The van der Waals surface area contributed by atoms with Gasteiger partial charge in [0.05, 0.1) is 19.0 Å². The molecule has 0 bridgehead atoms. The third kappa shape index (κ3) is 9.51. The number of unbranched alkanes of at least 4 members (excludes halogenated alkanes) is 3. The Balaban J connectivity index is 0.758. The molecular weight excluding hydrogens is 799 g/mol. The molecule has 3 fully saturated rings.